The van der Waals surface area contributed by atoms with Gasteiger partial charge in [-0.1, -0.05) is 18.2 Å². The van der Waals surface area contributed by atoms with Crippen molar-refractivity contribution < 1.29 is 13.2 Å². The van der Waals surface area contributed by atoms with E-state index in [9.17, 15) is 13.2 Å². The average Bonchev–Trinajstić information content (AvgIpc) is 2.14. The molecule has 0 bridgehead atoms. The molecule has 0 nitrogen and oxygen atoms in total. The first kappa shape index (κ1) is 12.4. The van der Waals surface area contributed by atoms with Crippen molar-refractivity contribution in [2.75, 3.05) is 0 Å². The molecule has 15 heavy (non-hydrogen) atoms. The quantitative estimate of drug-likeness (QED) is 0.688. The van der Waals surface area contributed by atoms with Gasteiger partial charge in [0.1, 0.15) is 0 Å². The molecule has 0 aliphatic rings. The fourth-order valence-corrected chi connectivity index (χ4v) is 1.38. The molecule has 1 aromatic rings. The smallest absolute Gasteiger partial charge is 0.166 e. The van der Waals surface area contributed by atoms with Gasteiger partial charge in [0.2, 0.25) is 0 Å². The number of halogens is 4. The van der Waals surface area contributed by atoms with Crippen molar-refractivity contribution in [2.24, 2.45) is 0 Å². The number of alkyl halides is 4. The highest BCUT2D eigenvalue weighted by atomic mass is 35.5. The summed E-state index contributed by atoms with van der Waals surface area (Å²) in [6.07, 6.45) is -3.00. The van der Waals surface area contributed by atoms with Gasteiger partial charge in [-0.25, -0.2) is 0 Å². The van der Waals surface area contributed by atoms with Crippen molar-refractivity contribution in [3.8, 4) is 0 Å². The van der Waals surface area contributed by atoms with Gasteiger partial charge in [0, 0.05) is 5.38 Å². The minimum Gasteiger partial charge on any atom is -0.166 e. The Kier molecular flexibility index (Phi) is 4.03. The van der Waals surface area contributed by atoms with Crippen molar-refractivity contribution in [1.29, 1.82) is 0 Å². The maximum Gasteiger partial charge on any atom is 0.416 e. The van der Waals surface area contributed by atoms with E-state index in [1.165, 1.54) is 12.1 Å². The lowest BCUT2D eigenvalue weighted by Gasteiger charge is -2.09. The molecule has 0 saturated carbocycles. The van der Waals surface area contributed by atoms with E-state index < -0.39 is 11.7 Å². The van der Waals surface area contributed by atoms with Crippen LogP contribution < -0.4 is 0 Å². The standard InChI is InChI=1S/C11H12ClF3/c1-8(12)5-6-9-3-2-4-10(7-9)11(13,14)15/h2-4,7-8H,5-6H2,1H3. The van der Waals surface area contributed by atoms with E-state index in [2.05, 4.69) is 0 Å². The van der Waals surface area contributed by atoms with Crippen molar-refractivity contribution in [3.05, 3.63) is 35.4 Å². The Bertz CT molecular complexity index is 318. The van der Waals surface area contributed by atoms with Gasteiger partial charge in [0.05, 0.1) is 5.56 Å². The molecule has 1 unspecified atom stereocenters. The van der Waals surface area contributed by atoms with E-state index in [1.807, 2.05) is 6.92 Å². The zero-order valence-electron chi connectivity index (χ0n) is 8.31. The summed E-state index contributed by atoms with van der Waals surface area (Å²) in [6.45, 7) is 1.83. The molecule has 0 aliphatic carbocycles. The van der Waals surface area contributed by atoms with Gasteiger partial charge >= 0.3 is 6.18 Å². The lowest BCUT2D eigenvalue weighted by Crippen LogP contribution is -2.05. The summed E-state index contributed by atoms with van der Waals surface area (Å²) < 4.78 is 37.0. The van der Waals surface area contributed by atoms with Gasteiger partial charge in [-0.2, -0.15) is 13.2 Å². The molecule has 1 rings (SSSR count). The maximum atomic E-state index is 12.3. The summed E-state index contributed by atoms with van der Waals surface area (Å²) >= 11 is 5.74. The lowest BCUT2D eigenvalue weighted by molar-refractivity contribution is -0.137. The molecule has 0 radical (unpaired) electrons. The number of benzene rings is 1. The van der Waals surface area contributed by atoms with Gasteiger partial charge < -0.3 is 0 Å². The van der Waals surface area contributed by atoms with Crippen LogP contribution in [0.2, 0.25) is 0 Å². The third kappa shape index (κ3) is 4.12. The Morgan fingerprint density at radius 2 is 2.00 bits per heavy atom. The fraction of sp³-hybridized carbons (Fsp3) is 0.455. The first-order valence-electron chi connectivity index (χ1n) is 4.70. The van der Waals surface area contributed by atoms with Crippen molar-refractivity contribution in [2.45, 2.75) is 31.3 Å². The second-order valence-corrected chi connectivity index (χ2v) is 4.26. The summed E-state index contributed by atoms with van der Waals surface area (Å²) in [6, 6.07) is 5.37. The van der Waals surface area contributed by atoms with Crippen LogP contribution in [0.4, 0.5) is 13.2 Å². The Labute approximate surface area is 92.1 Å². The largest absolute Gasteiger partial charge is 0.416 e. The molecule has 0 spiro atoms. The third-order valence-corrected chi connectivity index (χ3v) is 2.30. The molecular weight excluding hydrogens is 225 g/mol. The molecule has 4 heteroatoms. The summed E-state index contributed by atoms with van der Waals surface area (Å²) in [4.78, 5) is 0. The normalized spacial score (nSPS) is 13.9. The summed E-state index contributed by atoms with van der Waals surface area (Å²) in [5, 5.41) is -0.0143. The summed E-state index contributed by atoms with van der Waals surface area (Å²) in [7, 11) is 0. The average molecular weight is 237 g/mol. The van der Waals surface area contributed by atoms with Gasteiger partial charge in [-0.05, 0) is 31.4 Å². The predicted octanol–water partition coefficient (Wildman–Crippen LogP) is 4.27. The highest BCUT2D eigenvalue weighted by Gasteiger charge is 2.30. The van der Waals surface area contributed by atoms with Gasteiger partial charge in [0.25, 0.3) is 0 Å². The van der Waals surface area contributed by atoms with E-state index in [4.69, 9.17) is 11.6 Å². The third-order valence-electron chi connectivity index (χ3n) is 2.09. The second kappa shape index (κ2) is 4.88. The first-order chi connectivity index (χ1) is 6.89. The molecule has 0 fully saturated rings. The second-order valence-electron chi connectivity index (χ2n) is 3.52. The van der Waals surface area contributed by atoms with Crippen LogP contribution >= 0.6 is 11.6 Å². The summed E-state index contributed by atoms with van der Waals surface area (Å²) in [5.74, 6) is 0. The molecule has 1 aromatic carbocycles. The van der Waals surface area contributed by atoms with Crippen LogP contribution in [-0.2, 0) is 12.6 Å². The molecule has 0 aromatic heterocycles. The Morgan fingerprint density at radius 1 is 1.33 bits per heavy atom. The summed E-state index contributed by atoms with van der Waals surface area (Å²) in [5.41, 5.74) is 0.0829. The highest BCUT2D eigenvalue weighted by Crippen LogP contribution is 2.29. The van der Waals surface area contributed by atoms with Crippen molar-refractivity contribution in [3.63, 3.8) is 0 Å². The SMILES string of the molecule is CC(Cl)CCc1cccc(C(F)(F)F)c1. The van der Waals surface area contributed by atoms with Crippen molar-refractivity contribution in [1.82, 2.24) is 0 Å². The van der Waals surface area contributed by atoms with E-state index in [0.717, 1.165) is 6.07 Å². The minimum atomic E-state index is -4.26. The first-order valence-corrected chi connectivity index (χ1v) is 5.13. The monoisotopic (exact) mass is 236 g/mol. The van der Waals surface area contributed by atoms with Gasteiger partial charge in [-0.3, -0.25) is 0 Å². The Balaban J connectivity index is 2.75. The van der Waals surface area contributed by atoms with E-state index in [1.54, 1.807) is 6.07 Å². The predicted molar refractivity (Wildman–Crippen MR) is 55.1 cm³/mol. The van der Waals surface area contributed by atoms with Crippen molar-refractivity contribution >= 4 is 11.6 Å². The van der Waals surface area contributed by atoms with Crippen LogP contribution in [0.3, 0.4) is 0 Å². The zero-order chi connectivity index (χ0) is 11.5. The molecule has 1 atom stereocenters. The fourth-order valence-electron chi connectivity index (χ4n) is 1.27. The number of hydrogen-bond acceptors (Lipinski definition) is 0. The molecule has 0 N–H and O–H groups in total. The van der Waals surface area contributed by atoms with Gasteiger partial charge in [0.15, 0.2) is 0 Å². The van der Waals surface area contributed by atoms with Crippen LogP contribution in [0.5, 0.6) is 0 Å². The van der Waals surface area contributed by atoms with Crippen LogP contribution in [0.25, 0.3) is 0 Å². The van der Waals surface area contributed by atoms with E-state index in [0.29, 0.717) is 18.4 Å². The Morgan fingerprint density at radius 3 is 2.53 bits per heavy atom. The molecule has 0 heterocycles. The molecule has 0 aliphatic heterocycles. The zero-order valence-corrected chi connectivity index (χ0v) is 9.07. The van der Waals surface area contributed by atoms with E-state index >= 15 is 0 Å². The highest BCUT2D eigenvalue weighted by molar-refractivity contribution is 6.20. The lowest BCUT2D eigenvalue weighted by atomic mass is 10.1. The topological polar surface area (TPSA) is 0 Å². The van der Waals surface area contributed by atoms with Crippen LogP contribution in [0.1, 0.15) is 24.5 Å². The number of aryl methyl sites for hydroxylation is 1. The van der Waals surface area contributed by atoms with E-state index in [-0.39, 0.29) is 5.38 Å². The molecule has 84 valence electrons. The maximum absolute atomic E-state index is 12.3. The number of rotatable bonds is 3. The molecule has 0 amide bonds. The number of hydrogen-bond donors (Lipinski definition) is 0. The molecule has 0 saturated heterocycles. The van der Waals surface area contributed by atoms with Crippen LogP contribution in [0, 0.1) is 0 Å². The van der Waals surface area contributed by atoms with Crippen LogP contribution in [-0.4, -0.2) is 5.38 Å². The minimum absolute atomic E-state index is 0.0143. The van der Waals surface area contributed by atoms with Gasteiger partial charge in [-0.15, -0.1) is 11.6 Å². The van der Waals surface area contributed by atoms with Crippen LogP contribution in [0.15, 0.2) is 24.3 Å². The molecular formula is C11H12ClF3. The Hall–Kier alpha value is -0.700.